The number of rotatable bonds is 7. The van der Waals surface area contributed by atoms with Gasteiger partial charge in [0.15, 0.2) is 6.61 Å². The predicted molar refractivity (Wildman–Crippen MR) is 105 cm³/mol. The summed E-state index contributed by atoms with van der Waals surface area (Å²) >= 11 is 9.40. The lowest BCUT2D eigenvalue weighted by Gasteiger charge is -2.18. The lowest BCUT2D eigenvalue weighted by Crippen LogP contribution is -2.35. The Morgan fingerprint density at radius 2 is 1.78 bits per heavy atom. The van der Waals surface area contributed by atoms with Crippen LogP contribution < -0.4 is 16.4 Å². The number of hydrogen-bond donors (Lipinski definition) is 3. The molecule has 27 heavy (non-hydrogen) atoms. The van der Waals surface area contributed by atoms with E-state index in [1.54, 1.807) is 48.5 Å². The maximum Gasteiger partial charge on any atom is 0.312 e. The van der Waals surface area contributed by atoms with Crippen LogP contribution in [0.1, 0.15) is 18.0 Å². The van der Waals surface area contributed by atoms with E-state index < -0.39 is 30.6 Å². The number of amides is 3. The SMILES string of the molecule is NC(=O)NC(CC(=O)OCC(=O)Nc1ccc(Br)cc1)c1ccccc1Cl. The third-order valence-corrected chi connectivity index (χ3v) is 4.33. The predicted octanol–water partition coefficient (Wildman–Crippen LogP) is 3.38. The quantitative estimate of drug-likeness (QED) is 0.557. The van der Waals surface area contributed by atoms with E-state index in [0.29, 0.717) is 16.3 Å². The van der Waals surface area contributed by atoms with Crippen molar-refractivity contribution in [2.75, 3.05) is 11.9 Å². The Morgan fingerprint density at radius 1 is 1.11 bits per heavy atom. The minimum atomic E-state index is -0.805. The van der Waals surface area contributed by atoms with Gasteiger partial charge in [0.05, 0.1) is 12.5 Å². The number of hydrogen-bond acceptors (Lipinski definition) is 4. The molecule has 0 saturated carbocycles. The molecular weight excluding hydrogens is 438 g/mol. The average Bonchev–Trinajstić information content (AvgIpc) is 2.61. The number of carbonyl (C=O) groups is 3. The molecule has 3 amide bonds. The van der Waals surface area contributed by atoms with Crippen molar-refractivity contribution in [1.82, 2.24) is 5.32 Å². The van der Waals surface area contributed by atoms with E-state index in [9.17, 15) is 14.4 Å². The number of nitrogens with two attached hydrogens (primary N) is 1. The zero-order valence-corrected chi connectivity index (χ0v) is 16.4. The Kier molecular flexibility index (Phi) is 7.63. The van der Waals surface area contributed by atoms with Crippen LogP contribution in [0, 0.1) is 0 Å². The van der Waals surface area contributed by atoms with Crippen LogP contribution in [-0.2, 0) is 14.3 Å². The number of carbonyl (C=O) groups excluding carboxylic acids is 3. The van der Waals surface area contributed by atoms with Crippen molar-refractivity contribution >= 4 is 51.1 Å². The van der Waals surface area contributed by atoms with Gasteiger partial charge in [-0.15, -0.1) is 0 Å². The fraction of sp³-hybridized carbons (Fsp3) is 0.167. The summed E-state index contributed by atoms with van der Waals surface area (Å²) in [4.78, 5) is 35.2. The molecule has 2 rings (SSSR count). The van der Waals surface area contributed by atoms with E-state index in [1.165, 1.54) is 0 Å². The normalized spacial score (nSPS) is 11.3. The highest BCUT2D eigenvalue weighted by Crippen LogP contribution is 2.25. The number of anilines is 1. The van der Waals surface area contributed by atoms with Crippen molar-refractivity contribution in [2.45, 2.75) is 12.5 Å². The van der Waals surface area contributed by atoms with Gasteiger partial charge in [-0.05, 0) is 35.9 Å². The molecule has 0 aliphatic heterocycles. The van der Waals surface area contributed by atoms with Gasteiger partial charge in [0.1, 0.15) is 0 Å². The largest absolute Gasteiger partial charge is 0.455 e. The third-order valence-electron chi connectivity index (χ3n) is 3.46. The van der Waals surface area contributed by atoms with Gasteiger partial charge < -0.3 is 21.1 Å². The Bertz CT molecular complexity index is 830. The first-order valence-electron chi connectivity index (χ1n) is 7.86. The van der Waals surface area contributed by atoms with Crippen LogP contribution in [0.3, 0.4) is 0 Å². The highest BCUT2D eigenvalue weighted by molar-refractivity contribution is 9.10. The van der Waals surface area contributed by atoms with Crippen molar-refractivity contribution in [3.05, 3.63) is 63.6 Å². The molecule has 1 unspecified atom stereocenters. The standard InChI is InChI=1S/C18H17BrClN3O4/c19-11-5-7-12(8-6-11)22-16(24)10-27-17(25)9-15(23-18(21)26)13-3-1-2-4-14(13)20/h1-8,15H,9-10H2,(H,22,24)(H3,21,23,26). The first-order valence-corrected chi connectivity index (χ1v) is 9.03. The van der Waals surface area contributed by atoms with Crippen LogP contribution in [0.25, 0.3) is 0 Å². The van der Waals surface area contributed by atoms with Crippen LogP contribution in [0.4, 0.5) is 10.5 Å². The van der Waals surface area contributed by atoms with Gasteiger partial charge in [0.25, 0.3) is 5.91 Å². The molecule has 0 aliphatic rings. The lowest BCUT2D eigenvalue weighted by molar-refractivity contribution is -0.147. The smallest absolute Gasteiger partial charge is 0.312 e. The second kappa shape index (κ2) is 9.94. The molecule has 0 saturated heterocycles. The highest BCUT2D eigenvalue weighted by atomic mass is 79.9. The van der Waals surface area contributed by atoms with Gasteiger partial charge in [-0.2, -0.15) is 0 Å². The Morgan fingerprint density at radius 3 is 2.41 bits per heavy atom. The molecular formula is C18H17BrClN3O4. The second-order valence-electron chi connectivity index (χ2n) is 5.50. The second-order valence-corrected chi connectivity index (χ2v) is 6.83. The molecule has 2 aromatic carbocycles. The summed E-state index contributed by atoms with van der Waals surface area (Å²) in [6.07, 6.45) is -0.224. The van der Waals surface area contributed by atoms with Gasteiger partial charge in [-0.25, -0.2) is 4.79 Å². The van der Waals surface area contributed by atoms with E-state index >= 15 is 0 Å². The molecule has 4 N–H and O–H groups in total. The average molecular weight is 455 g/mol. The number of benzene rings is 2. The number of urea groups is 1. The number of esters is 1. The molecule has 0 radical (unpaired) electrons. The van der Waals surface area contributed by atoms with Crippen LogP contribution in [0.5, 0.6) is 0 Å². The van der Waals surface area contributed by atoms with Crippen molar-refractivity contribution in [1.29, 1.82) is 0 Å². The van der Waals surface area contributed by atoms with E-state index in [0.717, 1.165) is 4.47 Å². The van der Waals surface area contributed by atoms with Crippen molar-refractivity contribution in [3.8, 4) is 0 Å². The van der Waals surface area contributed by atoms with Crippen LogP contribution in [0.2, 0.25) is 5.02 Å². The van der Waals surface area contributed by atoms with Crippen molar-refractivity contribution in [3.63, 3.8) is 0 Å². The lowest BCUT2D eigenvalue weighted by atomic mass is 10.0. The molecule has 9 heteroatoms. The summed E-state index contributed by atoms with van der Waals surface area (Å²) in [5, 5.41) is 5.42. The first-order chi connectivity index (χ1) is 12.8. The molecule has 0 aliphatic carbocycles. The summed E-state index contributed by atoms with van der Waals surface area (Å²) < 4.78 is 5.85. The Balaban J connectivity index is 1.91. The Hall–Kier alpha value is -2.58. The summed E-state index contributed by atoms with van der Waals surface area (Å²) in [5.74, 6) is -1.16. The van der Waals surface area contributed by atoms with E-state index in [2.05, 4.69) is 26.6 Å². The zero-order valence-electron chi connectivity index (χ0n) is 14.1. The van der Waals surface area contributed by atoms with Gasteiger partial charge in [0, 0.05) is 15.2 Å². The minimum absolute atomic E-state index is 0.224. The van der Waals surface area contributed by atoms with Gasteiger partial charge in [-0.1, -0.05) is 45.7 Å². The number of primary amides is 1. The van der Waals surface area contributed by atoms with Crippen LogP contribution >= 0.6 is 27.5 Å². The minimum Gasteiger partial charge on any atom is -0.455 e. The maximum absolute atomic E-state index is 12.1. The summed E-state index contributed by atoms with van der Waals surface area (Å²) in [6, 6.07) is 12.1. The molecule has 0 bridgehead atoms. The monoisotopic (exact) mass is 453 g/mol. The van der Waals surface area contributed by atoms with Gasteiger partial charge in [-0.3, -0.25) is 9.59 Å². The molecule has 0 aromatic heterocycles. The van der Waals surface area contributed by atoms with Gasteiger partial charge >= 0.3 is 12.0 Å². The van der Waals surface area contributed by atoms with E-state index in [1.807, 2.05) is 0 Å². The maximum atomic E-state index is 12.1. The molecule has 2 aromatic rings. The van der Waals surface area contributed by atoms with Crippen LogP contribution in [-0.4, -0.2) is 24.5 Å². The van der Waals surface area contributed by atoms with Crippen molar-refractivity contribution < 1.29 is 19.1 Å². The van der Waals surface area contributed by atoms with Gasteiger partial charge in [0.2, 0.25) is 0 Å². The van der Waals surface area contributed by atoms with Crippen molar-refractivity contribution in [2.24, 2.45) is 5.73 Å². The molecule has 0 fully saturated rings. The highest BCUT2D eigenvalue weighted by Gasteiger charge is 2.21. The van der Waals surface area contributed by atoms with E-state index in [-0.39, 0.29) is 6.42 Å². The Labute approximate surface area is 169 Å². The molecule has 7 nitrogen and oxygen atoms in total. The molecule has 1 atom stereocenters. The number of nitrogens with one attached hydrogen (secondary N) is 2. The fourth-order valence-electron chi connectivity index (χ4n) is 2.27. The fourth-order valence-corrected chi connectivity index (χ4v) is 2.80. The third kappa shape index (κ3) is 6.92. The van der Waals surface area contributed by atoms with Crippen LogP contribution in [0.15, 0.2) is 53.0 Å². The zero-order chi connectivity index (χ0) is 19.8. The summed E-state index contributed by atoms with van der Waals surface area (Å²) in [7, 11) is 0. The summed E-state index contributed by atoms with van der Waals surface area (Å²) in [5.41, 5.74) is 6.26. The number of halogens is 2. The molecule has 142 valence electrons. The molecule has 0 spiro atoms. The summed E-state index contributed by atoms with van der Waals surface area (Å²) in [6.45, 7) is -0.458. The number of ether oxygens (including phenoxy) is 1. The molecule has 0 heterocycles. The van der Waals surface area contributed by atoms with E-state index in [4.69, 9.17) is 22.1 Å². The topological polar surface area (TPSA) is 111 Å². The first kappa shape index (κ1) is 20.7.